The SMILES string of the molecule is O=C(Nc1ncc(Cc2ccc(F)cc2)s1)c1csc2c1CCCO2. The molecule has 3 heterocycles. The third kappa shape index (κ3) is 3.57. The highest BCUT2D eigenvalue weighted by atomic mass is 32.1. The van der Waals surface area contributed by atoms with Gasteiger partial charge in [0, 0.05) is 28.4 Å². The minimum absolute atomic E-state index is 0.148. The molecule has 4 rings (SSSR count). The molecule has 0 spiro atoms. The summed E-state index contributed by atoms with van der Waals surface area (Å²) in [6.07, 6.45) is 4.21. The van der Waals surface area contributed by atoms with Crippen LogP contribution < -0.4 is 10.1 Å². The van der Waals surface area contributed by atoms with E-state index in [0.29, 0.717) is 23.7 Å². The van der Waals surface area contributed by atoms with Crippen molar-refractivity contribution in [2.45, 2.75) is 19.3 Å². The number of ether oxygens (including phenoxy) is 1. The molecule has 0 atom stereocenters. The van der Waals surface area contributed by atoms with E-state index in [-0.39, 0.29) is 11.7 Å². The summed E-state index contributed by atoms with van der Waals surface area (Å²) in [5.74, 6) is -0.394. The number of carbonyl (C=O) groups is 1. The van der Waals surface area contributed by atoms with Gasteiger partial charge < -0.3 is 4.74 Å². The van der Waals surface area contributed by atoms with Gasteiger partial charge in [-0.3, -0.25) is 10.1 Å². The molecule has 1 N–H and O–H groups in total. The number of fused-ring (bicyclic) bond motifs is 1. The Morgan fingerprint density at radius 2 is 2.16 bits per heavy atom. The van der Waals surface area contributed by atoms with Gasteiger partial charge in [-0.1, -0.05) is 12.1 Å². The molecule has 1 aliphatic rings. The summed E-state index contributed by atoms with van der Waals surface area (Å²) >= 11 is 2.90. The van der Waals surface area contributed by atoms with E-state index in [4.69, 9.17) is 4.74 Å². The molecule has 3 aromatic rings. The van der Waals surface area contributed by atoms with Crippen LogP contribution in [0.2, 0.25) is 0 Å². The van der Waals surface area contributed by atoms with E-state index in [9.17, 15) is 9.18 Å². The van der Waals surface area contributed by atoms with Crippen molar-refractivity contribution in [1.29, 1.82) is 0 Å². The lowest BCUT2D eigenvalue weighted by Gasteiger charge is -2.13. The monoisotopic (exact) mass is 374 g/mol. The average molecular weight is 374 g/mol. The molecule has 0 aliphatic carbocycles. The molecule has 25 heavy (non-hydrogen) atoms. The van der Waals surface area contributed by atoms with Gasteiger partial charge in [-0.25, -0.2) is 9.37 Å². The van der Waals surface area contributed by atoms with Crippen LogP contribution in [0.25, 0.3) is 0 Å². The molecular formula is C18H15FN2O2S2. The first-order valence-electron chi connectivity index (χ1n) is 7.93. The Morgan fingerprint density at radius 3 is 3.00 bits per heavy atom. The second-order valence-corrected chi connectivity index (χ2v) is 7.71. The van der Waals surface area contributed by atoms with Gasteiger partial charge in [-0.15, -0.1) is 22.7 Å². The zero-order valence-electron chi connectivity index (χ0n) is 13.3. The number of anilines is 1. The Hall–Kier alpha value is -2.25. The van der Waals surface area contributed by atoms with E-state index in [0.717, 1.165) is 33.9 Å². The minimum Gasteiger partial charge on any atom is -0.484 e. The predicted molar refractivity (Wildman–Crippen MR) is 97.4 cm³/mol. The summed E-state index contributed by atoms with van der Waals surface area (Å²) in [6.45, 7) is 0.716. The Kier molecular flexibility index (Phi) is 4.50. The van der Waals surface area contributed by atoms with E-state index in [1.165, 1.54) is 34.8 Å². The van der Waals surface area contributed by atoms with Crippen LogP contribution >= 0.6 is 22.7 Å². The molecule has 0 radical (unpaired) electrons. The predicted octanol–water partition coefficient (Wildman–Crippen LogP) is 4.51. The van der Waals surface area contributed by atoms with Crippen molar-refractivity contribution in [1.82, 2.24) is 4.98 Å². The number of carbonyl (C=O) groups excluding carboxylic acids is 1. The lowest BCUT2D eigenvalue weighted by atomic mass is 10.1. The van der Waals surface area contributed by atoms with Crippen molar-refractivity contribution >= 4 is 33.7 Å². The van der Waals surface area contributed by atoms with Crippen molar-refractivity contribution in [3.05, 3.63) is 63.2 Å². The van der Waals surface area contributed by atoms with Crippen molar-refractivity contribution in [2.75, 3.05) is 11.9 Å². The van der Waals surface area contributed by atoms with E-state index < -0.39 is 0 Å². The topological polar surface area (TPSA) is 51.2 Å². The molecule has 4 nitrogen and oxygen atoms in total. The zero-order chi connectivity index (χ0) is 17.2. The standard InChI is InChI=1S/C18H15FN2O2S2/c19-12-5-3-11(4-6-12)8-13-9-20-18(25-13)21-16(22)15-10-24-17-14(15)2-1-7-23-17/h3-6,9-10H,1-2,7-8H2,(H,20,21,22). The Morgan fingerprint density at radius 1 is 1.32 bits per heavy atom. The first-order valence-corrected chi connectivity index (χ1v) is 9.62. The maximum absolute atomic E-state index is 13.0. The van der Waals surface area contributed by atoms with Crippen LogP contribution in [0, 0.1) is 5.82 Å². The molecule has 0 saturated carbocycles. The smallest absolute Gasteiger partial charge is 0.258 e. The van der Waals surface area contributed by atoms with E-state index in [1.54, 1.807) is 18.3 Å². The highest BCUT2D eigenvalue weighted by Gasteiger charge is 2.22. The molecule has 128 valence electrons. The number of amides is 1. The van der Waals surface area contributed by atoms with Gasteiger partial charge in [0.1, 0.15) is 5.82 Å². The van der Waals surface area contributed by atoms with E-state index in [1.807, 2.05) is 5.38 Å². The fraction of sp³-hybridized carbons (Fsp3) is 0.222. The van der Waals surface area contributed by atoms with Gasteiger partial charge in [0.25, 0.3) is 5.91 Å². The number of thiophene rings is 1. The van der Waals surface area contributed by atoms with E-state index in [2.05, 4.69) is 10.3 Å². The number of thiazole rings is 1. The van der Waals surface area contributed by atoms with Crippen LogP contribution in [0.1, 0.15) is 32.8 Å². The number of hydrogen-bond acceptors (Lipinski definition) is 5. The van der Waals surface area contributed by atoms with Crippen LogP contribution in [-0.4, -0.2) is 17.5 Å². The van der Waals surface area contributed by atoms with Crippen molar-refractivity contribution in [2.24, 2.45) is 0 Å². The largest absolute Gasteiger partial charge is 0.484 e. The molecule has 2 aromatic heterocycles. The van der Waals surface area contributed by atoms with Crippen LogP contribution in [-0.2, 0) is 12.8 Å². The normalized spacial score (nSPS) is 13.2. The first-order chi connectivity index (χ1) is 12.2. The number of benzene rings is 1. The molecule has 7 heteroatoms. The fourth-order valence-corrected chi connectivity index (χ4v) is 4.56. The summed E-state index contributed by atoms with van der Waals surface area (Å²) in [4.78, 5) is 17.8. The second-order valence-electron chi connectivity index (χ2n) is 5.76. The quantitative estimate of drug-likeness (QED) is 0.731. The van der Waals surface area contributed by atoms with Gasteiger partial charge in [0.15, 0.2) is 10.2 Å². The highest BCUT2D eigenvalue weighted by molar-refractivity contribution is 7.15. The van der Waals surface area contributed by atoms with Crippen LogP contribution in [0.15, 0.2) is 35.8 Å². The lowest BCUT2D eigenvalue weighted by Crippen LogP contribution is -2.15. The summed E-state index contributed by atoms with van der Waals surface area (Å²) in [5.41, 5.74) is 2.68. The number of nitrogens with one attached hydrogen (secondary N) is 1. The number of nitrogens with zero attached hydrogens (tertiary/aromatic N) is 1. The highest BCUT2D eigenvalue weighted by Crippen LogP contribution is 2.35. The molecule has 0 unspecified atom stereocenters. The maximum atomic E-state index is 13.0. The van der Waals surface area contributed by atoms with Crippen LogP contribution in [0.5, 0.6) is 5.06 Å². The van der Waals surface area contributed by atoms with Crippen molar-refractivity contribution in [3.63, 3.8) is 0 Å². The molecule has 0 fully saturated rings. The van der Waals surface area contributed by atoms with Crippen molar-refractivity contribution < 1.29 is 13.9 Å². The number of rotatable bonds is 4. The third-order valence-corrected chi connectivity index (χ3v) is 5.81. The maximum Gasteiger partial charge on any atom is 0.258 e. The summed E-state index contributed by atoms with van der Waals surface area (Å²) in [7, 11) is 0. The Balaban J connectivity index is 1.45. The molecule has 1 aromatic carbocycles. The summed E-state index contributed by atoms with van der Waals surface area (Å²) in [5, 5.41) is 6.14. The summed E-state index contributed by atoms with van der Waals surface area (Å²) < 4.78 is 18.5. The van der Waals surface area contributed by atoms with Crippen LogP contribution in [0.4, 0.5) is 9.52 Å². The first kappa shape index (κ1) is 16.2. The molecule has 1 aliphatic heterocycles. The zero-order valence-corrected chi connectivity index (χ0v) is 14.9. The molecule has 0 bridgehead atoms. The Bertz CT molecular complexity index is 902. The summed E-state index contributed by atoms with van der Waals surface area (Å²) in [6, 6.07) is 6.40. The molecule has 1 amide bonds. The number of hydrogen-bond donors (Lipinski definition) is 1. The third-order valence-electron chi connectivity index (χ3n) is 3.97. The molecular weight excluding hydrogens is 359 g/mol. The lowest BCUT2D eigenvalue weighted by molar-refractivity contribution is 0.102. The average Bonchev–Trinajstić information content (AvgIpc) is 3.23. The van der Waals surface area contributed by atoms with Gasteiger partial charge in [0.2, 0.25) is 0 Å². The second kappa shape index (κ2) is 6.93. The van der Waals surface area contributed by atoms with Crippen LogP contribution in [0.3, 0.4) is 0 Å². The molecule has 0 saturated heterocycles. The van der Waals surface area contributed by atoms with E-state index >= 15 is 0 Å². The van der Waals surface area contributed by atoms with Crippen molar-refractivity contribution in [3.8, 4) is 5.06 Å². The Labute approximate surface area is 152 Å². The van der Waals surface area contributed by atoms with Gasteiger partial charge in [-0.05, 0) is 30.5 Å². The minimum atomic E-state index is -0.246. The van der Waals surface area contributed by atoms with Gasteiger partial charge >= 0.3 is 0 Å². The van der Waals surface area contributed by atoms with Gasteiger partial charge in [0.05, 0.1) is 12.2 Å². The fourth-order valence-electron chi connectivity index (χ4n) is 2.74. The number of aromatic nitrogens is 1. The number of halogens is 1. The van der Waals surface area contributed by atoms with Gasteiger partial charge in [-0.2, -0.15) is 0 Å².